The molecule has 0 amide bonds. The molecule has 5 heteroatoms. The van der Waals surface area contributed by atoms with Crippen LogP contribution in [0.15, 0.2) is 30.6 Å². The summed E-state index contributed by atoms with van der Waals surface area (Å²) in [6.07, 6.45) is 5.00. The molecule has 2 aromatic rings. The highest BCUT2D eigenvalue weighted by Gasteiger charge is 2.38. The molecule has 1 N–H and O–H groups in total. The number of hydrogen-bond acceptors (Lipinski definition) is 5. The lowest BCUT2D eigenvalue weighted by molar-refractivity contribution is 0.177. The number of pyridine rings is 1. The van der Waals surface area contributed by atoms with Gasteiger partial charge in [-0.05, 0) is 36.8 Å². The second-order valence-corrected chi connectivity index (χ2v) is 5.51. The molecule has 0 bridgehead atoms. The van der Waals surface area contributed by atoms with Gasteiger partial charge < -0.3 is 10.1 Å². The first-order valence-electron chi connectivity index (χ1n) is 7.23. The molecule has 0 radical (unpaired) electrons. The van der Waals surface area contributed by atoms with Gasteiger partial charge in [0.05, 0.1) is 0 Å². The SMILES string of the molecule is COCc1nc(C)cc(NC[C@@H]2C[C@H]2c2cccnc2)n1. The predicted octanol–water partition coefficient (Wildman–Crippen LogP) is 2.54. The highest BCUT2D eigenvalue weighted by Crippen LogP contribution is 2.46. The Morgan fingerprint density at radius 3 is 3.05 bits per heavy atom. The van der Waals surface area contributed by atoms with Crippen molar-refractivity contribution in [1.29, 1.82) is 0 Å². The molecule has 2 aromatic heterocycles. The fraction of sp³-hybridized carbons (Fsp3) is 0.438. The lowest BCUT2D eigenvalue weighted by atomic mass is 10.1. The smallest absolute Gasteiger partial charge is 0.156 e. The van der Waals surface area contributed by atoms with Gasteiger partial charge in [-0.1, -0.05) is 6.07 Å². The molecular formula is C16H20N4O. The van der Waals surface area contributed by atoms with Crippen LogP contribution in [0.25, 0.3) is 0 Å². The van der Waals surface area contributed by atoms with Gasteiger partial charge in [-0.15, -0.1) is 0 Å². The maximum absolute atomic E-state index is 5.09. The highest BCUT2D eigenvalue weighted by atomic mass is 16.5. The summed E-state index contributed by atoms with van der Waals surface area (Å²) in [7, 11) is 1.65. The van der Waals surface area contributed by atoms with Gasteiger partial charge >= 0.3 is 0 Å². The molecule has 1 saturated carbocycles. The summed E-state index contributed by atoms with van der Waals surface area (Å²) in [5.41, 5.74) is 2.29. The third-order valence-corrected chi connectivity index (χ3v) is 3.75. The van der Waals surface area contributed by atoms with Crippen LogP contribution in [0.3, 0.4) is 0 Å². The quantitative estimate of drug-likeness (QED) is 0.883. The van der Waals surface area contributed by atoms with Crippen molar-refractivity contribution >= 4 is 5.82 Å². The van der Waals surface area contributed by atoms with E-state index < -0.39 is 0 Å². The van der Waals surface area contributed by atoms with E-state index in [-0.39, 0.29) is 0 Å². The number of methoxy groups -OCH3 is 1. The monoisotopic (exact) mass is 284 g/mol. The number of nitrogens with one attached hydrogen (secondary N) is 1. The van der Waals surface area contributed by atoms with Gasteiger partial charge in [0, 0.05) is 37.8 Å². The number of ether oxygens (including phenoxy) is 1. The van der Waals surface area contributed by atoms with Gasteiger partial charge in [0.2, 0.25) is 0 Å². The van der Waals surface area contributed by atoms with Gasteiger partial charge in [0.25, 0.3) is 0 Å². The Morgan fingerprint density at radius 1 is 1.38 bits per heavy atom. The zero-order chi connectivity index (χ0) is 14.7. The predicted molar refractivity (Wildman–Crippen MR) is 81.1 cm³/mol. The summed E-state index contributed by atoms with van der Waals surface area (Å²) in [6.45, 7) is 3.35. The Kier molecular flexibility index (Phi) is 4.10. The first-order chi connectivity index (χ1) is 10.3. The molecule has 0 spiro atoms. The minimum Gasteiger partial charge on any atom is -0.377 e. The Morgan fingerprint density at radius 2 is 2.29 bits per heavy atom. The number of nitrogens with zero attached hydrogens (tertiary/aromatic N) is 3. The van der Waals surface area contributed by atoms with Crippen LogP contribution in [0.4, 0.5) is 5.82 Å². The Bertz CT molecular complexity index is 602. The van der Waals surface area contributed by atoms with Crippen LogP contribution in [-0.4, -0.2) is 28.6 Å². The van der Waals surface area contributed by atoms with Crippen LogP contribution in [0.1, 0.15) is 29.4 Å². The summed E-state index contributed by atoms with van der Waals surface area (Å²) in [6, 6.07) is 6.13. The lowest BCUT2D eigenvalue weighted by Crippen LogP contribution is -2.09. The van der Waals surface area contributed by atoms with Crippen LogP contribution in [0, 0.1) is 12.8 Å². The summed E-state index contributed by atoms with van der Waals surface area (Å²) >= 11 is 0. The number of rotatable bonds is 6. The largest absolute Gasteiger partial charge is 0.377 e. The van der Waals surface area contributed by atoms with E-state index in [9.17, 15) is 0 Å². The maximum atomic E-state index is 5.09. The fourth-order valence-corrected chi connectivity index (χ4v) is 2.63. The normalized spacial score (nSPS) is 20.3. The van der Waals surface area contributed by atoms with Crippen molar-refractivity contribution < 1.29 is 4.74 Å². The summed E-state index contributed by atoms with van der Waals surface area (Å²) in [4.78, 5) is 13.0. The Balaban J connectivity index is 1.57. The van der Waals surface area contributed by atoms with Crippen LogP contribution >= 0.6 is 0 Å². The standard InChI is InChI=1S/C16H20N4O/c1-11-6-15(20-16(19-11)10-21-2)18-9-13-7-14(13)12-4-3-5-17-8-12/h3-6,8,13-14H,7,9-10H2,1-2H3,(H,18,19,20)/t13-,14-/m0/s1. The molecule has 21 heavy (non-hydrogen) atoms. The lowest BCUT2D eigenvalue weighted by Gasteiger charge is -2.08. The molecule has 3 rings (SSSR count). The van der Waals surface area contributed by atoms with Crippen molar-refractivity contribution in [2.45, 2.75) is 25.9 Å². The third kappa shape index (κ3) is 3.55. The first kappa shape index (κ1) is 13.9. The topological polar surface area (TPSA) is 59.9 Å². The number of hydrogen-bond donors (Lipinski definition) is 1. The van der Waals surface area contributed by atoms with E-state index in [1.165, 1.54) is 12.0 Å². The van der Waals surface area contributed by atoms with E-state index in [1.807, 2.05) is 31.5 Å². The second-order valence-electron chi connectivity index (χ2n) is 5.51. The van der Waals surface area contributed by atoms with E-state index in [0.29, 0.717) is 18.4 Å². The average Bonchev–Trinajstić information content (AvgIpc) is 3.26. The summed E-state index contributed by atoms with van der Waals surface area (Å²) < 4.78 is 5.09. The van der Waals surface area contributed by atoms with Crippen molar-refractivity contribution in [3.63, 3.8) is 0 Å². The number of anilines is 1. The Labute approximate surface area is 124 Å². The van der Waals surface area contributed by atoms with E-state index in [1.54, 1.807) is 7.11 Å². The van der Waals surface area contributed by atoms with Crippen molar-refractivity contribution in [2.24, 2.45) is 5.92 Å². The molecule has 5 nitrogen and oxygen atoms in total. The van der Waals surface area contributed by atoms with Gasteiger partial charge in [0.1, 0.15) is 12.4 Å². The zero-order valence-corrected chi connectivity index (χ0v) is 12.4. The minimum absolute atomic E-state index is 0.443. The molecule has 0 saturated heterocycles. The third-order valence-electron chi connectivity index (χ3n) is 3.75. The van der Waals surface area contributed by atoms with Gasteiger partial charge in [-0.2, -0.15) is 0 Å². The van der Waals surface area contributed by atoms with Crippen LogP contribution in [-0.2, 0) is 11.3 Å². The second kappa shape index (κ2) is 6.18. The van der Waals surface area contributed by atoms with Crippen LogP contribution in [0.2, 0.25) is 0 Å². The van der Waals surface area contributed by atoms with Crippen LogP contribution < -0.4 is 5.32 Å². The minimum atomic E-state index is 0.443. The molecule has 0 aliphatic heterocycles. The van der Waals surface area contributed by atoms with Crippen molar-refractivity contribution in [3.8, 4) is 0 Å². The molecule has 1 aliphatic carbocycles. The first-order valence-corrected chi connectivity index (χ1v) is 7.23. The molecular weight excluding hydrogens is 264 g/mol. The summed E-state index contributed by atoms with van der Waals surface area (Å²) in [5.74, 6) is 2.90. The fourth-order valence-electron chi connectivity index (χ4n) is 2.63. The molecule has 2 atom stereocenters. The molecule has 0 unspecified atom stereocenters. The van der Waals surface area contributed by atoms with E-state index in [2.05, 4.69) is 26.3 Å². The molecule has 110 valence electrons. The van der Waals surface area contributed by atoms with Gasteiger partial charge in [-0.25, -0.2) is 9.97 Å². The van der Waals surface area contributed by atoms with E-state index in [0.717, 1.165) is 23.9 Å². The molecule has 2 heterocycles. The molecule has 1 fully saturated rings. The summed E-state index contributed by atoms with van der Waals surface area (Å²) in [5, 5.41) is 3.42. The van der Waals surface area contributed by atoms with Gasteiger partial charge in [-0.3, -0.25) is 4.98 Å². The number of aryl methyl sites for hydroxylation is 1. The van der Waals surface area contributed by atoms with Crippen molar-refractivity contribution in [3.05, 3.63) is 47.7 Å². The maximum Gasteiger partial charge on any atom is 0.156 e. The van der Waals surface area contributed by atoms with Crippen LogP contribution in [0.5, 0.6) is 0 Å². The highest BCUT2D eigenvalue weighted by molar-refractivity contribution is 5.37. The van der Waals surface area contributed by atoms with Crippen molar-refractivity contribution in [1.82, 2.24) is 15.0 Å². The van der Waals surface area contributed by atoms with E-state index in [4.69, 9.17) is 4.74 Å². The van der Waals surface area contributed by atoms with Crippen molar-refractivity contribution in [2.75, 3.05) is 19.0 Å². The zero-order valence-electron chi connectivity index (χ0n) is 12.4. The van der Waals surface area contributed by atoms with Gasteiger partial charge in [0.15, 0.2) is 5.82 Å². The Hall–Kier alpha value is -2.01. The average molecular weight is 284 g/mol. The molecule has 0 aromatic carbocycles. The van der Waals surface area contributed by atoms with E-state index >= 15 is 0 Å². The molecule has 1 aliphatic rings. The number of aromatic nitrogens is 3.